The molecule has 6 heteroatoms. The van der Waals surface area contributed by atoms with Crippen molar-refractivity contribution in [2.75, 3.05) is 23.7 Å². The Morgan fingerprint density at radius 2 is 2.16 bits per heavy atom. The van der Waals surface area contributed by atoms with Crippen molar-refractivity contribution in [3.8, 4) is 0 Å². The fourth-order valence-corrected chi connectivity index (χ4v) is 2.75. The highest BCUT2D eigenvalue weighted by molar-refractivity contribution is 5.54. The highest BCUT2D eigenvalue weighted by Crippen LogP contribution is 2.39. The van der Waals surface area contributed by atoms with E-state index in [1.165, 1.54) is 12.1 Å². The Morgan fingerprint density at radius 3 is 2.68 bits per heavy atom. The molecule has 0 saturated carbocycles. The van der Waals surface area contributed by atoms with E-state index in [0.717, 1.165) is 32.4 Å². The maximum absolute atomic E-state index is 10.9. The van der Waals surface area contributed by atoms with Crippen molar-refractivity contribution in [1.82, 2.24) is 4.98 Å². The van der Waals surface area contributed by atoms with Gasteiger partial charge in [-0.3, -0.25) is 10.1 Å². The van der Waals surface area contributed by atoms with Gasteiger partial charge < -0.3 is 10.6 Å². The number of rotatable bonds is 4. The van der Waals surface area contributed by atoms with Gasteiger partial charge in [0.25, 0.3) is 5.69 Å². The largest absolute Gasteiger partial charge is 0.383 e. The molecule has 1 aliphatic heterocycles. The maximum Gasteiger partial charge on any atom is 0.276 e. The normalized spacial score (nSPS) is 17.7. The lowest BCUT2D eigenvalue weighted by Crippen LogP contribution is -2.26. The van der Waals surface area contributed by atoms with E-state index in [1.807, 2.05) is 0 Å². The molecule has 0 aromatic carbocycles. The van der Waals surface area contributed by atoms with Gasteiger partial charge in [-0.1, -0.05) is 13.8 Å². The van der Waals surface area contributed by atoms with Crippen LogP contribution in [-0.4, -0.2) is 23.0 Å². The highest BCUT2D eigenvalue weighted by Gasteiger charge is 2.35. The van der Waals surface area contributed by atoms with Crippen LogP contribution in [0.4, 0.5) is 17.3 Å². The molecule has 0 aliphatic carbocycles. The summed E-state index contributed by atoms with van der Waals surface area (Å²) >= 11 is 0. The summed E-state index contributed by atoms with van der Waals surface area (Å²) in [6, 6.07) is 2.81. The van der Waals surface area contributed by atoms with Crippen molar-refractivity contribution in [2.45, 2.75) is 33.1 Å². The van der Waals surface area contributed by atoms with E-state index >= 15 is 0 Å². The number of hydrogen-bond donors (Lipinski definition) is 1. The van der Waals surface area contributed by atoms with Gasteiger partial charge in [0.05, 0.1) is 17.1 Å². The van der Waals surface area contributed by atoms with Gasteiger partial charge in [-0.2, -0.15) is 0 Å². The monoisotopic (exact) mass is 264 g/mol. The third kappa shape index (κ3) is 2.62. The van der Waals surface area contributed by atoms with Gasteiger partial charge in [-0.25, -0.2) is 4.98 Å². The standard InChI is InChI=1S/C13H20N4O2/c1-3-13(4-2)5-6-16(9-13)12-8-10(17(18)19)7-11(14)15-12/h7-8H,3-6,9H2,1-2H3,(H2,14,15). The second kappa shape index (κ2) is 5.03. The van der Waals surface area contributed by atoms with Crippen LogP contribution >= 0.6 is 0 Å². The van der Waals surface area contributed by atoms with Crippen molar-refractivity contribution < 1.29 is 4.92 Å². The van der Waals surface area contributed by atoms with Crippen LogP contribution in [0.1, 0.15) is 33.1 Å². The summed E-state index contributed by atoms with van der Waals surface area (Å²) in [4.78, 5) is 16.8. The minimum Gasteiger partial charge on any atom is -0.383 e. The molecule has 0 unspecified atom stereocenters. The summed E-state index contributed by atoms with van der Waals surface area (Å²) in [6.07, 6.45) is 3.33. The molecule has 19 heavy (non-hydrogen) atoms. The maximum atomic E-state index is 10.9. The molecule has 1 aromatic rings. The summed E-state index contributed by atoms with van der Waals surface area (Å²) in [7, 11) is 0. The molecule has 0 spiro atoms. The van der Waals surface area contributed by atoms with Gasteiger partial charge in [0.15, 0.2) is 0 Å². The fourth-order valence-electron chi connectivity index (χ4n) is 2.75. The van der Waals surface area contributed by atoms with E-state index in [9.17, 15) is 10.1 Å². The molecular weight excluding hydrogens is 244 g/mol. The Balaban J connectivity index is 2.26. The SMILES string of the molecule is CCC1(CC)CCN(c2cc([N+](=O)[O-])cc(N)n2)C1. The van der Waals surface area contributed by atoms with Gasteiger partial charge in [0.1, 0.15) is 11.6 Å². The van der Waals surface area contributed by atoms with Crippen LogP contribution in [0, 0.1) is 15.5 Å². The van der Waals surface area contributed by atoms with E-state index in [2.05, 4.69) is 23.7 Å². The summed E-state index contributed by atoms with van der Waals surface area (Å²) in [6.45, 7) is 6.17. The third-order valence-electron chi connectivity index (χ3n) is 4.29. The molecule has 2 N–H and O–H groups in total. The molecule has 2 rings (SSSR count). The molecule has 0 atom stereocenters. The van der Waals surface area contributed by atoms with Crippen LogP contribution in [0.2, 0.25) is 0 Å². The lowest BCUT2D eigenvalue weighted by atomic mass is 9.82. The van der Waals surface area contributed by atoms with Gasteiger partial charge >= 0.3 is 0 Å². The highest BCUT2D eigenvalue weighted by atomic mass is 16.6. The summed E-state index contributed by atoms with van der Waals surface area (Å²) < 4.78 is 0. The van der Waals surface area contributed by atoms with Crippen LogP contribution in [0.3, 0.4) is 0 Å². The van der Waals surface area contributed by atoms with Crippen molar-refractivity contribution in [3.05, 3.63) is 22.2 Å². The molecule has 0 radical (unpaired) electrons. The number of pyridine rings is 1. The van der Waals surface area contributed by atoms with E-state index in [4.69, 9.17) is 5.73 Å². The van der Waals surface area contributed by atoms with Gasteiger partial charge in [0, 0.05) is 13.1 Å². The number of aromatic nitrogens is 1. The third-order valence-corrected chi connectivity index (χ3v) is 4.29. The Kier molecular flexibility index (Phi) is 3.59. The number of nitrogens with two attached hydrogens (primary N) is 1. The fraction of sp³-hybridized carbons (Fsp3) is 0.615. The Hall–Kier alpha value is -1.85. The van der Waals surface area contributed by atoms with Crippen LogP contribution in [0.25, 0.3) is 0 Å². The van der Waals surface area contributed by atoms with Crippen molar-refractivity contribution in [3.63, 3.8) is 0 Å². The minimum absolute atomic E-state index is 0.00740. The topological polar surface area (TPSA) is 85.3 Å². The lowest BCUT2D eigenvalue weighted by molar-refractivity contribution is -0.384. The first-order chi connectivity index (χ1) is 8.99. The van der Waals surface area contributed by atoms with E-state index in [-0.39, 0.29) is 11.5 Å². The van der Waals surface area contributed by atoms with Crippen molar-refractivity contribution in [1.29, 1.82) is 0 Å². The number of nitrogens with zero attached hydrogens (tertiary/aromatic N) is 3. The second-order valence-corrected chi connectivity index (χ2v) is 5.24. The van der Waals surface area contributed by atoms with Crippen LogP contribution in [0.5, 0.6) is 0 Å². The smallest absolute Gasteiger partial charge is 0.276 e. The molecule has 2 heterocycles. The summed E-state index contributed by atoms with van der Waals surface area (Å²) in [5.41, 5.74) is 5.97. The Morgan fingerprint density at radius 1 is 1.47 bits per heavy atom. The second-order valence-electron chi connectivity index (χ2n) is 5.24. The van der Waals surface area contributed by atoms with Gasteiger partial charge in [-0.15, -0.1) is 0 Å². The number of nitro groups is 1. The predicted molar refractivity (Wildman–Crippen MR) is 75.1 cm³/mol. The first-order valence-corrected chi connectivity index (χ1v) is 6.66. The van der Waals surface area contributed by atoms with E-state index < -0.39 is 4.92 Å². The van der Waals surface area contributed by atoms with Crippen molar-refractivity contribution >= 4 is 17.3 Å². The molecule has 0 amide bonds. The Labute approximate surface area is 112 Å². The van der Waals surface area contributed by atoms with Crippen LogP contribution in [0.15, 0.2) is 12.1 Å². The first kappa shape index (κ1) is 13.6. The molecular formula is C13H20N4O2. The van der Waals surface area contributed by atoms with Crippen LogP contribution in [-0.2, 0) is 0 Å². The van der Waals surface area contributed by atoms with Crippen molar-refractivity contribution in [2.24, 2.45) is 5.41 Å². The predicted octanol–water partition coefficient (Wildman–Crippen LogP) is 2.59. The summed E-state index contributed by atoms with van der Waals surface area (Å²) in [5.74, 6) is 0.824. The van der Waals surface area contributed by atoms with Gasteiger partial charge in [0.2, 0.25) is 0 Å². The average molecular weight is 264 g/mol. The van der Waals surface area contributed by atoms with E-state index in [0.29, 0.717) is 11.2 Å². The summed E-state index contributed by atoms with van der Waals surface area (Å²) in [5, 5.41) is 10.9. The quantitative estimate of drug-likeness (QED) is 0.667. The molecule has 1 saturated heterocycles. The van der Waals surface area contributed by atoms with Crippen LogP contribution < -0.4 is 10.6 Å². The zero-order chi connectivity index (χ0) is 14.0. The molecule has 1 aliphatic rings. The zero-order valence-electron chi connectivity index (χ0n) is 11.4. The zero-order valence-corrected chi connectivity index (χ0v) is 11.4. The minimum atomic E-state index is -0.426. The number of anilines is 2. The lowest BCUT2D eigenvalue weighted by Gasteiger charge is -2.26. The van der Waals surface area contributed by atoms with E-state index in [1.54, 1.807) is 0 Å². The molecule has 0 bridgehead atoms. The van der Waals surface area contributed by atoms with Gasteiger partial charge in [-0.05, 0) is 24.7 Å². The molecule has 104 valence electrons. The first-order valence-electron chi connectivity index (χ1n) is 6.66. The molecule has 6 nitrogen and oxygen atoms in total. The number of nitrogen functional groups attached to an aromatic ring is 1. The Bertz CT molecular complexity index is 486. The number of hydrogen-bond acceptors (Lipinski definition) is 5. The molecule has 1 fully saturated rings. The average Bonchev–Trinajstić information content (AvgIpc) is 2.83. The molecule has 1 aromatic heterocycles.